The Bertz CT molecular complexity index is 847. The van der Waals surface area contributed by atoms with Crippen LogP contribution < -0.4 is 0 Å². The fraction of sp³-hybridized carbons (Fsp3) is 0.920. The standard InChI is InChI=1S/C25H37NO6S/c1-22-10-11-24(15-26(20(27)32-24)33-21(28)29-3)14-16(22)4-5-17-18(22)6-8-23(2)19(17)7-9-25(23)30-12-13-31-25/h16-19H,4-15H2,1-3H3/t16-,17+,18-,19-,22-,23-,24+/m0/s1. The smallest absolute Gasteiger partial charge is 0.421 e. The molecule has 2 aliphatic heterocycles. The third-order valence-electron chi connectivity index (χ3n) is 10.9. The Hall–Kier alpha value is -0.990. The van der Waals surface area contributed by atoms with Gasteiger partial charge in [-0.25, -0.2) is 13.9 Å². The van der Waals surface area contributed by atoms with Gasteiger partial charge in [-0.1, -0.05) is 13.8 Å². The highest BCUT2D eigenvalue weighted by molar-refractivity contribution is 8.11. The van der Waals surface area contributed by atoms with E-state index >= 15 is 0 Å². The van der Waals surface area contributed by atoms with Crippen LogP contribution >= 0.6 is 11.9 Å². The van der Waals surface area contributed by atoms with Crippen LogP contribution in [0.2, 0.25) is 0 Å². The summed E-state index contributed by atoms with van der Waals surface area (Å²) < 4.78 is 24.7. The zero-order chi connectivity index (χ0) is 23.1. The molecule has 8 heteroatoms. The zero-order valence-electron chi connectivity index (χ0n) is 20.1. The van der Waals surface area contributed by atoms with Crippen LogP contribution in [0.25, 0.3) is 0 Å². The van der Waals surface area contributed by atoms with E-state index in [4.69, 9.17) is 18.9 Å². The highest BCUT2D eigenvalue weighted by atomic mass is 32.2. The van der Waals surface area contributed by atoms with Crippen molar-refractivity contribution in [1.82, 2.24) is 4.31 Å². The van der Waals surface area contributed by atoms with E-state index in [0.717, 1.165) is 62.7 Å². The van der Waals surface area contributed by atoms with E-state index < -0.39 is 17.0 Å². The van der Waals surface area contributed by atoms with Gasteiger partial charge < -0.3 is 18.9 Å². The van der Waals surface area contributed by atoms with Crippen molar-refractivity contribution < 1.29 is 28.5 Å². The quantitative estimate of drug-likeness (QED) is 0.369. The predicted molar refractivity (Wildman–Crippen MR) is 122 cm³/mol. The number of hydrogen-bond donors (Lipinski definition) is 0. The van der Waals surface area contributed by atoms with Crippen LogP contribution in [0.5, 0.6) is 0 Å². The Balaban J connectivity index is 1.19. The van der Waals surface area contributed by atoms with Crippen molar-refractivity contribution in [2.75, 3.05) is 26.9 Å². The molecule has 6 aliphatic rings. The lowest BCUT2D eigenvalue weighted by molar-refractivity contribution is -0.248. The SMILES string of the molecule is COC(=O)SN1C[C@]2(CC[C@@]3(C)[C@@H](CC[C@@H]4[C@@H]3CC[C@@]3(C)[C@H]4CCC34OCCO4)C2)OC1=O. The van der Waals surface area contributed by atoms with Gasteiger partial charge in [0.15, 0.2) is 5.79 Å². The summed E-state index contributed by atoms with van der Waals surface area (Å²) in [6, 6.07) is 0. The average Bonchev–Trinajstić information content (AvgIpc) is 3.47. The van der Waals surface area contributed by atoms with Crippen molar-refractivity contribution in [2.45, 2.75) is 83.0 Å². The van der Waals surface area contributed by atoms with Crippen molar-refractivity contribution in [2.24, 2.45) is 34.5 Å². The molecule has 33 heavy (non-hydrogen) atoms. The minimum Gasteiger partial charge on any atom is -0.460 e. The Morgan fingerprint density at radius 2 is 1.79 bits per heavy atom. The summed E-state index contributed by atoms with van der Waals surface area (Å²) in [6.45, 7) is 6.92. The third-order valence-corrected chi connectivity index (χ3v) is 11.7. The van der Waals surface area contributed by atoms with Crippen molar-refractivity contribution in [3.05, 3.63) is 0 Å². The molecule has 0 aromatic carbocycles. The van der Waals surface area contributed by atoms with Crippen LogP contribution in [-0.2, 0) is 18.9 Å². The molecule has 7 atom stereocenters. The van der Waals surface area contributed by atoms with Gasteiger partial charge in [0.2, 0.25) is 0 Å². The van der Waals surface area contributed by atoms with E-state index in [-0.39, 0.29) is 16.6 Å². The van der Waals surface area contributed by atoms with Gasteiger partial charge in [0.1, 0.15) is 5.60 Å². The number of ether oxygens (including phenoxy) is 4. The second kappa shape index (κ2) is 7.50. The van der Waals surface area contributed by atoms with Gasteiger partial charge in [-0.3, -0.25) is 0 Å². The van der Waals surface area contributed by atoms with E-state index in [1.54, 1.807) is 0 Å². The lowest BCUT2D eigenvalue weighted by Gasteiger charge is -2.62. The van der Waals surface area contributed by atoms with E-state index in [9.17, 15) is 9.59 Å². The summed E-state index contributed by atoms with van der Waals surface area (Å²) in [5.74, 6) is 2.36. The number of amides is 1. The number of rotatable bonds is 1. The number of nitrogens with zero attached hydrogens (tertiary/aromatic N) is 1. The maximum absolute atomic E-state index is 12.5. The molecule has 184 valence electrons. The van der Waals surface area contributed by atoms with Crippen LogP contribution in [0, 0.1) is 34.5 Å². The molecule has 6 rings (SSSR count). The topological polar surface area (TPSA) is 74.3 Å². The van der Waals surface area contributed by atoms with Crippen LogP contribution in [0.1, 0.15) is 71.6 Å². The fourth-order valence-electron chi connectivity index (χ4n) is 9.22. The highest BCUT2D eigenvalue weighted by Crippen LogP contribution is 2.70. The molecule has 0 radical (unpaired) electrons. The first-order valence-electron chi connectivity index (χ1n) is 12.8. The average molecular weight is 480 g/mol. The van der Waals surface area contributed by atoms with E-state index in [2.05, 4.69) is 13.8 Å². The van der Waals surface area contributed by atoms with Crippen LogP contribution in [0.3, 0.4) is 0 Å². The van der Waals surface area contributed by atoms with Gasteiger partial charge >= 0.3 is 11.4 Å². The summed E-state index contributed by atoms with van der Waals surface area (Å²) in [5.41, 5.74) is -0.0322. The van der Waals surface area contributed by atoms with E-state index in [1.165, 1.54) is 43.5 Å². The second-order valence-electron chi connectivity index (χ2n) is 11.9. The van der Waals surface area contributed by atoms with E-state index in [1.807, 2.05) is 0 Å². The van der Waals surface area contributed by atoms with E-state index in [0.29, 0.717) is 18.4 Å². The molecule has 4 saturated carbocycles. The van der Waals surface area contributed by atoms with Crippen LogP contribution in [-0.4, -0.2) is 54.0 Å². The maximum Gasteiger partial charge on any atom is 0.421 e. The number of carbonyl (C=O) groups is 2. The Kier molecular flexibility index (Phi) is 5.11. The van der Waals surface area contributed by atoms with Crippen molar-refractivity contribution in [3.63, 3.8) is 0 Å². The predicted octanol–water partition coefficient (Wildman–Crippen LogP) is 5.38. The fourth-order valence-corrected chi connectivity index (χ4v) is 9.89. The first-order chi connectivity index (χ1) is 15.7. The molecule has 7 nitrogen and oxygen atoms in total. The van der Waals surface area contributed by atoms with Crippen molar-refractivity contribution in [1.29, 1.82) is 0 Å². The molecule has 0 aromatic heterocycles. The summed E-state index contributed by atoms with van der Waals surface area (Å²) in [7, 11) is 1.34. The maximum atomic E-state index is 12.5. The zero-order valence-corrected chi connectivity index (χ0v) is 20.9. The molecule has 0 N–H and O–H groups in total. The van der Waals surface area contributed by atoms with Crippen molar-refractivity contribution >= 4 is 23.3 Å². The molecule has 2 heterocycles. The lowest BCUT2D eigenvalue weighted by atomic mass is 9.44. The number of hydrogen-bond acceptors (Lipinski definition) is 7. The van der Waals surface area contributed by atoms with Crippen molar-refractivity contribution in [3.8, 4) is 0 Å². The van der Waals surface area contributed by atoms with Gasteiger partial charge in [0.05, 0.1) is 38.8 Å². The van der Waals surface area contributed by atoms with Gasteiger partial charge in [-0.2, -0.15) is 0 Å². The largest absolute Gasteiger partial charge is 0.460 e. The molecular formula is C25H37NO6S. The third kappa shape index (κ3) is 3.08. The number of carbonyl (C=O) groups excluding carboxylic acids is 2. The molecule has 1 amide bonds. The molecule has 0 bridgehead atoms. The minimum atomic E-state index is -0.472. The molecule has 6 fully saturated rings. The summed E-state index contributed by atoms with van der Waals surface area (Å²) in [5, 5.41) is -0.472. The highest BCUT2D eigenvalue weighted by Gasteiger charge is 2.68. The number of fused-ring (bicyclic) bond motifs is 6. The molecule has 4 aliphatic carbocycles. The van der Waals surface area contributed by atoms with Gasteiger partial charge in [-0.15, -0.1) is 0 Å². The minimum absolute atomic E-state index is 0.135. The molecule has 0 unspecified atom stereocenters. The Morgan fingerprint density at radius 1 is 1.03 bits per heavy atom. The summed E-state index contributed by atoms with van der Waals surface area (Å²) in [6.07, 6.45) is 9.63. The summed E-state index contributed by atoms with van der Waals surface area (Å²) in [4.78, 5) is 24.2. The number of methoxy groups -OCH3 is 1. The first kappa shape index (κ1) is 22.5. The monoisotopic (exact) mass is 479 g/mol. The Labute approximate surface area is 200 Å². The molecule has 2 spiro atoms. The lowest BCUT2D eigenvalue weighted by Crippen LogP contribution is -2.58. The molecule has 2 saturated heterocycles. The van der Waals surface area contributed by atoms with Crippen LogP contribution in [0.15, 0.2) is 0 Å². The van der Waals surface area contributed by atoms with Gasteiger partial charge in [0, 0.05) is 11.8 Å². The Morgan fingerprint density at radius 3 is 2.55 bits per heavy atom. The van der Waals surface area contributed by atoms with Gasteiger partial charge in [-0.05, 0) is 80.5 Å². The normalized spacial score (nSPS) is 47.8. The molecular weight excluding hydrogens is 442 g/mol. The summed E-state index contributed by atoms with van der Waals surface area (Å²) >= 11 is 0.823. The van der Waals surface area contributed by atoms with Crippen LogP contribution in [0.4, 0.5) is 9.59 Å². The second-order valence-corrected chi connectivity index (χ2v) is 12.9. The van der Waals surface area contributed by atoms with Gasteiger partial charge in [0.25, 0.3) is 0 Å². The molecule has 0 aromatic rings. The first-order valence-corrected chi connectivity index (χ1v) is 13.6.